The van der Waals surface area contributed by atoms with E-state index in [0.29, 0.717) is 15.9 Å². The molecule has 0 unspecified atom stereocenters. The molecule has 0 saturated heterocycles. The molecule has 0 spiro atoms. The van der Waals surface area contributed by atoms with E-state index in [1.165, 1.54) is 10.9 Å². The molecular weight excluding hydrogens is 260 g/mol. The zero-order chi connectivity index (χ0) is 10.8. The van der Waals surface area contributed by atoms with E-state index in [1.54, 1.807) is 25.4 Å². The molecule has 2 aromatic heterocycles. The number of halogens is 1. The van der Waals surface area contributed by atoms with Gasteiger partial charge in [0.05, 0.1) is 0 Å². The van der Waals surface area contributed by atoms with Crippen molar-refractivity contribution < 1.29 is 4.79 Å². The van der Waals surface area contributed by atoms with E-state index in [-0.39, 0.29) is 5.78 Å². The molecular formula is C9H7BrN4O. The van der Waals surface area contributed by atoms with Crippen LogP contribution in [-0.2, 0) is 7.05 Å². The lowest BCUT2D eigenvalue weighted by molar-refractivity contribution is 0.102. The smallest absolute Gasteiger partial charge is 0.215 e. The zero-order valence-corrected chi connectivity index (χ0v) is 9.47. The van der Waals surface area contributed by atoms with Crippen molar-refractivity contribution in [3.63, 3.8) is 0 Å². The number of hydrogen-bond donors (Lipinski definition) is 0. The Balaban J connectivity index is 2.46. The Labute approximate surface area is 94.3 Å². The predicted octanol–water partition coefficient (Wildman–Crippen LogP) is 1.20. The third-order valence-corrected chi connectivity index (χ3v) is 2.46. The van der Waals surface area contributed by atoms with Gasteiger partial charge in [-0.2, -0.15) is 0 Å². The Morgan fingerprint density at radius 3 is 2.87 bits per heavy atom. The topological polar surface area (TPSA) is 60.7 Å². The largest absolute Gasteiger partial charge is 0.287 e. The Morgan fingerprint density at radius 2 is 2.33 bits per heavy atom. The third-order valence-electron chi connectivity index (χ3n) is 1.92. The molecule has 0 saturated carbocycles. The SMILES string of the molecule is Cn1nnc(Br)c1C(=O)c1cccnc1. The van der Waals surface area contributed by atoms with Crippen LogP contribution in [0.15, 0.2) is 29.1 Å². The Kier molecular flexibility index (Phi) is 2.59. The van der Waals surface area contributed by atoms with Crippen molar-refractivity contribution in [3.8, 4) is 0 Å². The van der Waals surface area contributed by atoms with E-state index in [2.05, 4.69) is 31.2 Å². The van der Waals surface area contributed by atoms with Crippen molar-refractivity contribution in [2.45, 2.75) is 0 Å². The number of nitrogens with zero attached hydrogens (tertiary/aromatic N) is 4. The van der Waals surface area contributed by atoms with Gasteiger partial charge in [-0.15, -0.1) is 5.10 Å². The molecule has 0 aliphatic carbocycles. The molecule has 5 nitrogen and oxygen atoms in total. The van der Waals surface area contributed by atoms with Crippen LogP contribution in [0.5, 0.6) is 0 Å². The number of hydrogen-bond acceptors (Lipinski definition) is 4. The van der Waals surface area contributed by atoms with E-state index in [9.17, 15) is 4.79 Å². The molecule has 0 aliphatic heterocycles. The van der Waals surface area contributed by atoms with Crippen molar-refractivity contribution in [2.24, 2.45) is 7.05 Å². The van der Waals surface area contributed by atoms with Crippen LogP contribution in [0.1, 0.15) is 16.1 Å². The fourth-order valence-electron chi connectivity index (χ4n) is 1.21. The van der Waals surface area contributed by atoms with Gasteiger partial charge in [0, 0.05) is 25.0 Å². The number of ketones is 1. The van der Waals surface area contributed by atoms with Crippen molar-refractivity contribution in [2.75, 3.05) is 0 Å². The summed E-state index contributed by atoms with van der Waals surface area (Å²) in [6, 6.07) is 3.42. The Hall–Kier alpha value is -1.56. The first-order valence-electron chi connectivity index (χ1n) is 4.20. The second kappa shape index (κ2) is 3.90. The maximum Gasteiger partial charge on any atom is 0.215 e. The minimum atomic E-state index is -0.150. The second-order valence-electron chi connectivity index (χ2n) is 2.92. The summed E-state index contributed by atoms with van der Waals surface area (Å²) in [6.07, 6.45) is 3.13. The van der Waals surface area contributed by atoms with Gasteiger partial charge in [0.2, 0.25) is 5.78 Å². The number of rotatable bonds is 2. The van der Waals surface area contributed by atoms with Gasteiger partial charge in [-0.3, -0.25) is 9.78 Å². The van der Waals surface area contributed by atoms with Gasteiger partial charge in [-0.1, -0.05) is 5.21 Å². The first-order chi connectivity index (χ1) is 7.20. The average Bonchev–Trinajstić information content (AvgIpc) is 2.59. The lowest BCUT2D eigenvalue weighted by Gasteiger charge is -1.99. The number of carbonyl (C=O) groups is 1. The predicted molar refractivity (Wildman–Crippen MR) is 56.4 cm³/mol. The van der Waals surface area contributed by atoms with E-state index in [4.69, 9.17) is 0 Å². The highest BCUT2D eigenvalue weighted by Crippen LogP contribution is 2.15. The number of aromatic nitrogens is 4. The van der Waals surface area contributed by atoms with Gasteiger partial charge in [0.25, 0.3) is 0 Å². The van der Waals surface area contributed by atoms with E-state index >= 15 is 0 Å². The summed E-state index contributed by atoms with van der Waals surface area (Å²) in [5.41, 5.74) is 0.937. The maximum atomic E-state index is 12.0. The fraction of sp³-hybridized carbons (Fsp3) is 0.111. The third kappa shape index (κ3) is 1.80. The Bertz CT molecular complexity index is 475. The van der Waals surface area contributed by atoms with Crippen LogP contribution in [0.4, 0.5) is 0 Å². The van der Waals surface area contributed by atoms with E-state index in [0.717, 1.165) is 0 Å². The summed E-state index contributed by atoms with van der Waals surface area (Å²) in [4.78, 5) is 15.9. The molecule has 6 heteroatoms. The summed E-state index contributed by atoms with van der Waals surface area (Å²) in [7, 11) is 1.67. The summed E-state index contributed by atoms with van der Waals surface area (Å²) in [5.74, 6) is -0.150. The normalized spacial score (nSPS) is 10.3. The van der Waals surface area contributed by atoms with Crippen molar-refractivity contribution in [1.82, 2.24) is 20.0 Å². The lowest BCUT2D eigenvalue weighted by atomic mass is 10.1. The molecule has 0 fully saturated rings. The molecule has 76 valence electrons. The molecule has 0 bridgehead atoms. The number of pyridine rings is 1. The number of aryl methyl sites for hydroxylation is 1. The molecule has 0 N–H and O–H groups in total. The second-order valence-corrected chi connectivity index (χ2v) is 3.67. The van der Waals surface area contributed by atoms with Gasteiger partial charge < -0.3 is 0 Å². The molecule has 2 rings (SSSR count). The van der Waals surface area contributed by atoms with Crippen LogP contribution in [0, 0.1) is 0 Å². The molecule has 0 atom stereocenters. The first-order valence-corrected chi connectivity index (χ1v) is 4.99. The summed E-state index contributed by atoms with van der Waals surface area (Å²) >= 11 is 3.18. The monoisotopic (exact) mass is 266 g/mol. The molecule has 0 aromatic carbocycles. The standard InChI is InChI=1S/C9H7BrN4O/c1-14-7(9(10)12-13-14)8(15)6-3-2-4-11-5-6/h2-5H,1H3. The quantitative estimate of drug-likeness (QED) is 0.767. The molecule has 0 amide bonds. The Morgan fingerprint density at radius 1 is 1.53 bits per heavy atom. The minimum absolute atomic E-state index is 0.150. The van der Waals surface area contributed by atoms with Crippen LogP contribution >= 0.6 is 15.9 Å². The van der Waals surface area contributed by atoms with Gasteiger partial charge in [0.15, 0.2) is 4.60 Å². The number of carbonyl (C=O) groups excluding carboxylic acids is 1. The lowest BCUT2D eigenvalue weighted by Crippen LogP contribution is -2.09. The zero-order valence-electron chi connectivity index (χ0n) is 7.88. The van der Waals surface area contributed by atoms with Crippen molar-refractivity contribution in [1.29, 1.82) is 0 Å². The molecule has 0 radical (unpaired) electrons. The highest BCUT2D eigenvalue weighted by Gasteiger charge is 2.18. The van der Waals surface area contributed by atoms with Crippen molar-refractivity contribution in [3.05, 3.63) is 40.4 Å². The highest BCUT2D eigenvalue weighted by atomic mass is 79.9. The van der Waals surface area contributed by atoms with Crippen LogP contribution in [0.25, 0.3) is 0 Å². The van der Waals surface area contributed by atoms with Crippen LogP contribution in [-0.4, -0.2) is 25.8 Å². The molecule has 0 aliphatic rings. The molecule has 2 aromatic rings. The van der Waals surface area contributed by atoms with Crippen LogP contribution < -0.4 is 0 Å². The minimum Gasteiger partial charge on any atom is -0.287 e. The maximum absolute atomic E-state index is 12.0. The summed E-state index contributed by atoms with van der Waals surface area (Å²) in [5, 5.41) is 7.49. The highest BCUT2D eigenvalue weighted by molar-refractivity contribution is 9.10. The van der Waals surface area contributed by atoms with Gasteiger partial charge in [0.1, 0.15) is 5.69 Å². The average molecular weight is 267 g/mol. The van der Waals surface area contributed by atoms with Gasteiger partial charge in [-0.05, 0) is 28.1 Å². The molecule has 2 heterocycles. The van der Waals surface area contributed by atoms with E-state index in [1.807, 2.05) is 0 Å². The van der Waals surface area contributed by atoms with Gasteiger partial charge in [-0.25, -0.2) is 4.68 Å². The fourth-order valence-corrected chi connectivity index (χ4v) is 1.71. The van der Waals surface area contributed by atoms with E-state index < -0.39 is 0 Å². The summed E-state index contributed by atoms with van der Waals surface area (Å²) < 4.78 is 1.87. The van der Waals surface area contributed by atoms with Crippen molar-refractivity contribution >= 4 is 21.7 Å². The molecule has 15 heavy (non-hydrogen) atoms. The van der Waals surface area contributed by atoms with Crippen LogP contribution in [0.3, 0.4) is 0 Å². The van der Waals surface area contributed by atoms with Crippen LogP contribution in [0.2, 0.25) is 0 Å². The first kappa shape index (κ1) is 9.97. The van der Waals surface area contributed by atoms with Gasteiger partial charge >= 0.3 is 0 Å². The summed E-state index contributed by atoms with van der Waals surface area (Å²) in [6.45, 7) is 0.